The predicted molar refractivity (Wildman–Crippen MR) is 95.0 cm³/mol. The van der Waals surface area contributed by atoms with Crippen LogP contribution in [-0.4, -0.2) is 23.0 Å². The van der Waals surface area contributed by atoms with Gasteiger partial charge in [-0.25, -0.2) is 4.79 Å². The summed E-state index contributed by atoms with van der Waals surface area (Å²) >= 11 is 0. The van der Waals surface area contributed by atoms with E-state index in [1.165, 1.54) is 18.4 Å². The topological polar surface area (TPSA) is 66.4 Å². The van der Waals surface area contributed by atoms with Crippen molar-refractivity contribution in [3.8, 4) is 0 Å². The third-order valence-corrected chi connectivity index (χ3v) is 4.84. The molecular formula is C20H29NO3. The summed E-state index contributed by atoms with van der Waals surface area (Å²) in [5.74, 6) is -0.694. The number of hydrogen-bond donors (Lipinski definition) is 2. The quantitative estimate of drug-likeness (QED) is 0.835. The first kappa shape index (κ1) is 18.5. The normalized spacial score (nSPS) is 16.8. The molecule has 0 saturated heterocycles. The van der Waals surface area contributed by atoms with Crippen LogP contribution in [0.2, 0.25) is 0 Å². The molecule has 24 heavy (non-hydrogen) atoms. The highest BCUT2D eigenvalue weighted by Crippen LogP contribution is 2.27. The molecule has 4 nitrogen and oxygen atoms in total. The molecule has 1 aromatic carbocycles. The average molecular weight is 331 g/mol. The molecule has 1 aliphatic carbocycles. The lowest BCUT2D eigenvalue weighted by Gasteiger charge is -2.20. The minimum Gasteiger partial charge on any atom is -0.480 e. The number of amides is 1. The molecule has 0 aromatic heterocycles. The molecule has 0 radical (unpaired) electrons. The Morgan fingerprint density at radius 3 is 2.25 bits per heavy atom. The van der Waals surface area contributed by atoms with Gasteiger partial charge in [0.2, 0.25) is 5.91 Å². The molecule has 0 unspecified atom stereocenters. The minimum absolute atomic E-state index is 0.0697. The van der Waals surface area contributed by atoms with Crippen LogP contribution in [0, 0.1) is 5.92 Å². The fourth-order valence-electron chi connectivity index (χ4n) is 3.31. The van der Waals surface area contributed by atoms with E-state index in [9.17, 15) is 14.7 Å². The second kappa shape index (κ2) is 7.82. The Morgan fingerprint density at radius 2 is 1.75 bits per heavy atom. The fourth-order valence-corrected chi connectivity index (χ4v) is 3.31. The fraction of sp³-hybridized carbons (Fsp3) is 0.600. The zero-order valence-corrected chi connectivity index (χ0v) is 15.0. The van der Waals surface area contributed by atoms with Crippen LogP contribution in [0.3, 0.4) is 0 Å². The lowest BCUT2D eigenvalue weighted by Crippen LogP contribution is -2.42. The number of carboxylic acids is 1. The van der Waals surface area contributed by atoms with Crippen molar-refractivity contribution in [2.24, 2.45) is 5.92 Å². The van der Waals surface area contributed by atoms with Gasteiger partial charge in [-0.05, 0) is 35.3 Å². The highest BCUT2D eigenvalue weighted by molar-refractivity contribution is 5.83. The van der Waals surface area contributed by atoms with Gasteiger partial charge in [0.05, 0.1) is 0 Å². The van der Waals surface area contributed by atoms with Crippen LogP contribution in [0.4, 0.5) is 0 Å². The maximum absolute atomic E-state index is 12.1. The molecule has 1 fully saturated rings. The summed E-state index contributed by atoms with van der Waals surface area (Å²) in [7, 11) is 0. The monoisotopic (exact) mass is 331 g/mol. The highest BCUT2D eigenvalue weighted by Gasteiger charge is 2.24. The van der Waals surface area contributed by atoms with Crippen molar-refractivity contribution in [3.63, 3.8) is 0 Å². The Labute approximate surface area is 144 Å². The number of rotatable bonds is 6. The van der Waals surface area contributed by atoms with Gasteiger partial charge in [0, 0.05) is 12.8 Å². The Kier molecular flexibility index (Phi) is 6.03. The summed E-state index contributed by atoms with van der Waals surface area (Å²) in [5, 5.41) is 12.1. The van der Waals surface area contributed by atoms with Gasteiger partial charge >= 0.3 is 5.97 Å². The van der Waals surface area contributed by atoms with Crippen LogP contribution in [0.15, 0.2) is 24.3 Å². The van der Waals surface area contributed by atoms with Crippen LogP contribution in [0.25, 0.3) is 0 Å². The summed E-state index contributed by atoms with van der Waals surface area (Å²) in [6.45, 7) is 6.43. The van der Waals surface area contributed by atoms with Gasteiger partial charge in [-0.2, -0.15) is 0 Å². The Morgan fingerprint density at radius 1 is 1.17 bits per heavy atom. The first-order valence-corrected chi connectivity index (χ1v) is 8.87. The third-order valence-electron chi connectivity index (χ3n) is 4.84. The number of carbonyl (C=O) groups is 2. The van der Waals surface area contributed by atoms with Crippen LogP contribution in [0.5, 0.6) is 0 Å². The summed E-state index contributed by atoms with van der Waals surface area (Å²) < 4.78 is 0. The van der Waals surface area contributed by atoms with E-state index in [0.717, 1.165) is 18.4 Å². The van der Waals surface area contributed by atoms with Gasteiger partial charge in [-0.1, -0.05) is 57.9 Å². The van der Waals surface area contributed by atoms with E-state index in [-0.39, 0.29) is 11.3 Å². The number of aliphatic carboxylic acids is 1. The van der Waals surface area contributed by atoms with E-state index in [1.54, 1.807) is 0 Å². The molecule has 1 saturated carbocycles. The van der Waals surface area contributed by atoms with E-state index in [4.69, 9.17) is 0 Å². The number of benzene rings is 1. The first-order chi connectivity index (χ1) is 11.3. The first-order valence-electron chi connectivity index (χ1n) is 8.87. The smallest absolute Gasteiger partial charge is 0.326 e. The molecule has 1 aromatic rings. The molecule has 2 N–H and O–H groups in total. The predicted octanol–water partition coefficient (Wildman–Crippen LogP) is 3.68. The summed E-state index contributed by atoms with van der Waals surface area (Å²) in [5.41, 5.74) is 2.21. The van der Waals surface area contributed by atoms with E-state index in [0.29, 0.717) is 18.8 Å². The Balaban J connectivity index is 1.95. The van der Waals surface area contributed by atoms with Crippen molar-refractivity contribution in [1.82, 2.24) is 5.32 Å². The molecule has 1 atom stereocenters. The molecular weight excluding hydrogens is 302 g/mol. The average Bonchev–Trinajstić information content (AvgIpc) is 2.99. The SMILES string of the molecule is CC(C)(C)c1ccc(C[C@@H](NC(=O)CC2CCCC2)C(=O)O)cc1. The number of carbonyl (C=O) groups excluding carboxylic acids is 1. The molecule has 2 rings (SSSR count). The summed E-state index contributed by atoms with van der Waals surface area (Å²) in [6.07, 6.45) is 5.29. The van der Waals surface area contributed by atoms with Gasteiger partial charge in [0.1, 0.15) is 6.04 Å². The van der Waals surface area contributed by atoms with Gasteiger partial charge in [-0.3, -0.25) is 4.79 Å². The number of nitrogens with one attached hydrogen (secondary N) is 1. The second-order valence-electron chi connectivity index (χ2n) is 7.96. The molecule has 0 aliphatic heterocycles. The van der Waals surface area contributed by atoms with Gasteiger partial charge in [0.15, 0.2) is 0 Å². The van der Waals surface area contributed by atoms with Crippen molar-refractivity contribution < 1.29 is 14.7 Å². The zero-order chi connectivity index (χ0) is 17.7. The zero-order valence-electron chi connectivity index (χ0n) is 15.0. The van der Waals surface area contributed by atoms with E-state index in [2.05, 4.69) is 26.1 Å². The van der Waals surface area contributed by atoms with Crippen molar-refractivity contribution in [3.05, 3.63) is 35.4 Å². The molecule has 132 valence electrons. The maximum Gasteiger partial charge on any atom is 0.326 e. The Hall–Kier alpha value is -1.84. The second-order valence-corrected chi connectivity index (χ2v) is 7.96. The third kappa shape index (κ3) is 5.36. The molecule has 0 bridgehead atoms. The minimum atomic E-state index is -0.977. The van der Waals surface area contributed by atoms with Crippen molar-refractivity contribution in [1.29, 1.82) is 0 Å². The highest BCUT2D eigenvalue weighted by atomic mass is 16.4. The van der Waals surface area contributed by atoms with Gasteiger partial charge in [0.25, 0.3) is 0 Å². The molecule has 0 heterocycles. The molecule has 1 amide bonds. The van der Waals surface area contributed by atoms with E-state index >= 15 is 0 Å². The van der Waals surface area contributed by atoms with Gasteiger partial charge < -0.3 is 10.4 Å². The van der Waals surface area contributed by atoms with Crippen molar-refractivity contribution in [2.45, 2.75) is 70.8 Å². The van der Waals surface area contributed by atoms with Gasteiger partial charge in [-0.15, -0.1) is 0 Å². The molecule has 4 heteroatoms. The number of carboxylic acid groups (broad SMARTS) is 1. The maximum atomic E-state index is 12.1. The van der Waals surface area contributed by atoms with Crippen LogP contribution < -0.4 is 5.32 Å². The van der Waals surface area contributed by atoms with Crippen LogP contribution in [0.1, 0.15) is 64.0 Å². The van der Waals surface area contributed by atoms with Crippen molar-refractivity contribution >= 4 is 11.9 Å². The lowest BCUT2D eigenvalue weighted by molar-refractivity contribution is -0.141. The van der Waals surface area contributed by atoms with Crippen LogP contribution in [-0.2, 0) is 21.4 Å². The molecule has 1 aliphatic rings. The largest absolute Gasteiger partial charge is 0.480 e. The Bertz CT molecular complexity index is 566. The van der Waals surface area contributed by atoms with Crippen LogP contribution >= 0.6 is 0 Å². The summed E-state index contributed by atoms with van der Waals surface area (Å²) in [4.78, 5) is 23.6. The molecule has 0 spiro atoms. The van der Waals surface area contributed by atoms with E-state index < -0.39 is 12.0 Å². The lowest BCUT2D eigenvalue weighted by atomic mass is 9.86. The summed E-state index contributed by atoms with van der Waals surface area (Å²) in [6, 6.07) is 7.13. The van der Waals surface area contributed by atoms with Crippen molar-refractivity contribution in [2.75, 3.05) is 0 Å². The standard InChI is InChI=1S/C20H29NO3/c1-20(2,3)16-10-8-15(9-11-16)12-17(19(23)24)21-18(22)13-14-6-4-5-7-14/h8-11,14,17H,4-7,12-13H2,1-3H3,(H,21,22)(H,23,24)/t17-/m1/s1. The number of hydrogen-bond acceptors (Lipinski definition) is 2. The van der Waals surface area contributed by atoms with E-state index in [1.807, 2.05) is 24.3 Å².